The van der Waals surface area contributed by atoms with Gasteiger partial charge >= 0.3 is 0 Å². The molecule has 2 rings (SSSR count). The summed E-state index contributed by atoms with van der Waals surface area (Å²) in [6.07, 6.45) is 1.83. The van der Waals surface area contributed by atoms with Gasteiger partial charge in [0.2, 0.25) is 5.91 Å². The molecule has 1 unspecified atom stereocenters. The van der Waals surface area contributed by atoms with E-state index in [0.717, 1.165) is 19.4 Å². The van der Waals surface area contributed by atoms with E-state index in [1.807, 2.05) is 0 Å². The second-order valence-electron chi connectivity index (χ2n) is 4.13. The van der Waals surface area contributed by atoms with Gasteiger partial charge in [-0.25, -0.2) is 4.39 Å². The number of anilines is 1. The molecule has 0 saturated carbocycles. The number of hydrogen-bond donors (Lipinski definition) is 2. The van der Waals surface area contributed by atoms with E-state index in [2.05, 4.69) is 26.6 Å². The summed E-state index contributed by atoms with van der Waals surface area (Å²) in [6.45, 7) is 1.62. The van der Waals surface area contributed by atoms with Crippen LogP contribution in [0.5, 0.6) is 0 Å². The first-order valence-electron chi connectivity index (χ1n) is 5.64. The molecular weight excluding hydrogens is 287 g/mol. The van der Waals surface area contributed by atoms with Gasteiger partial charge in [-0.15, -0.1) is 0 Å². The Morgan fingerprint density at radius 3 is 3.00 bits per heavy atom. The summed E-state index contributed by atoms with van der Waals surface area (Å²) in [5.74, 6) is -0.616. The lowest BCUT2D eigenvalue weighted by Crippen LogP contribution is -2.37. The molecule has 1 aliphatic rings. The number of rotatable bonds is 2. The van der Waals surface area contributed by atoms with Crippen LogP contribution in [0.15, 0.2) is 22.7 Å². The van der Waals surface area contributed by atoms with Crippen molar-refractivity contribution in [1.29, 1.82) is 0 Å². The van der Waals surface area contributed by atoms with Crippen LogP contribution in [0.1, 0.15) is 12.8 Å². The van der Waals surface area contributed by atoms with Crippen molar-refractivity contribution in [3.8, 4) is 0 Å². The Labute approximate surface area is 108 Å². The average Bonchev–Trinajstić information content (AvgIpc) is 2.35. The molecule has 1 aliphatic heterocycles. The Morgan fingerprint density at radius 1 is 1.53 bits per heavy atom. The van der Waals surface area contributed by atoms with Gasteiger partial charge < -0.3 is 10.6 Å². The maximum atomic E-state index is 13.5. The van der Waals surface area contributed by atoms with E-state index < -0.39 is 5.82 Å². The minimum absolute atomic E-state index is 0.0738. The third-order valence-corrected chi connectivity index (χ3v) is 3.54. The molecule has 0 aromatic heterocycles. The van der Waals surface area contributed by atoms with Gasteiger partial charge in [-0.2, -0.15) is 0 Å². The average molecular weight is 301 g/mol. The highest BCUT2D eigenvalue weighted by molar-refractivity contribution is 9.10. The number of amides is 1. The molecule has 1 fully saturated rings. The monoisotopic (exact) mass is 300 g/mol. The maximum Gasteiger partial charge on any atom is 0.228 e. The van der Waals surface area contributed by atoms with E-state index in [0.29, 0.717) is 11.0 Å². The van der Waals surface area contributed by atoms with Crippen molar-refractivity contribution in [3.63, 3.8) is 0 Å². The lowest BCUT2D eigenvalue weighted by Gasteiger charge is -2.22. The molecule has 1 atom stereocenters. The lowest BCUT2D eigenvalue weighted by molar-refractivity contribution is -0.120. The molecule has 17 heavy (non-hydrogen) atoms. The Kier molecular flexibility index (Phi) is 4.12. The summed E-state index contributed by atoms with van der Waals surface area (Å²) < 4.78 is 14.1. The summed E-state index contributed by atoms with van der Waals surface area (Å²) in [7, 11) is 0. The van der Waals surface area contributed by atoms with Crippen LogP contribution in [-0.2, 0) is 4.79 Å². The Balaban J connectivity index is 2.07. The number of nitrogens with one attached hydrogen (secondary N) is 2. The van der Waals surface area contributed by atoms with Gasteiger partial charge in [0.25, 0.3) is 0 Å². The van der Waals surface area contributed by atoms with Crippen molar-refractivity contribution in [2.24, 2.45) is 5.92 Å². The summed E-state index contributed by atoms with van der Waals surface area (Å²) in [6, 6.07) is 4.63. The third kappa shape index (κ3) is 3.04. The number of para-hydroxylation sites is 1. The van der Waals surface area contributed by atoms with E-state index in [-0.39, 0.29) is 17.5 Å². The number of carbonyl (C=O) groups is 1. The molecule has 1 aromatic carbocycles. The van der Waals surface area contributed by atoms with Crippen LogP contribution < -0.4 is 10.6 Å². The fraction of sp³-hybridized carbons (Fsp3) is 0.417. The molecule has 1 heterocycles. The van der Waals surface area contributed by atoms with E-state index in [9.17, 15) is 9.18 Å². The summed E-state index contributed by atoms with van der Waals surface area (Å²) in [5, 5.41) is 5.81. The van der Waals surface area contributed by atoms with E-state index >= 15 is 0 Å². The fourth-order valence-corrected chi connectivity index (χ4v) is 2.36. The van der Waals surface area contributed by atoms with Gasteiger partial charge in [0.05, 0.1) is 11.6 Å². The summed E-state index contributed by atoms with van der Waals surface area (Å²) in [5.41, 5.74) is 0.225. The molecule has 0 aliphatic carbocycles. The van der Waals surface area contributed by atoms with Gasteiger partial charge in [0.1, 0.15) is 5.82 Å². The fourth-order valence-electron chi connectivity index (χ4n) is 1.92. The third-order valence-electron chi connectivity index (χ3n) is 2.88. The van der Waals surface area contributed by atoms with E-state index in [1.165, 1.54) is 6.07 Å². The van der Waals surface area contributed by atoms with E-state index in [1.54, 1.807) is 12.1 Å². The molecule has 1 amide bonds. The van der Waals surface area contributed by atoms with Crippen LogP contribution in [0.2, 0.25) is 0 Å². The van der Waals surface area contributed by atoms with Crippen molar-refractivity contribution >= 4 is 27.5 Å². The normalized spacial score (nSPS) is 20.0. The number of benzene rings is 1. The molecular formula is C12H14BrFN2O. The van der Waals surface area contributed by atoms with Crippen LogP contribution in [0.25, 0.3) is 0 Å². The first-order chi connectivity index (χ1) is 8.18. The van der Waals surface area contributed by atoms with Gasteiger partial charge in [0.15, 0.2) is 0 Å². The minimum atomic E-state index is -0.420. The van der Waals surface area contributed by atoms with Gasteiger partial charge in [0, 0.05) is 11.0 Å². The predicted octanol–water partition coefficient (Wildman–Crippen LogP) is 2.53. The second-order valence-corrected chi connectivity index (χ2v) is 4.98. The zero-order valence-electron chi connectivity index (χ0n) is 9.30. The van der Waals surface area contributed by atoms with Gasteiger partial charge in [-0.3, -0.25) is 4.79 Å². The van der Waals surface area contributed by atoms with Crippen molar-refractivity contribution in [3.05, 3.63) is 28.5 Å². The maximum absolute atomic E-state index is 13.5. The first-order valence-corrected chi connectivity index (χ1v) is 6.43. The summed E-state index contributed by atoms with van der Waals surface area (Å²) >= 11 is 3.23. The van der Waals surface area contributed by atoms with Crippen molar-refractivity contribution in [2.75, 3.05) is 18.4 Å². The molecule has 5 heteroatoms. The topological polar surface area (TPSA) is 41.1 Å². The highest BCUT2D eigenvalue weighted by Gasteiger charge is 2.22. The molecule has 0 spiro atoms. The number of halogens is 2. The Morgan fingerprint density at radius 2 is 2.35 bits per heavy atom. The van der Waals surface area contributed by atoms with Crippen LogP contribution in [-0.4, -0.2) is 19.0 Å². The summed E-state index contributed by atoms with van der Waals surface area (Å²) in [4.78, 5) is 11.9. The van der Waals surface area contributed by atoms with Crippen LogP contribution in [0, 0.1) is 11.7 Å². The smallest absolute Gasteiger partial charge is 0.228 e. The molecule has 3 nitrogen and oxygen atoms in total. The number of piperidine rings is 1. The van der Waals surface area contributed by atoms with Gasteiger partial charge in [-0.1, -0.05) is 6.07 Å². The van der Waals surface area contributed by atoms with Crippen molar-refractivity contribution in [2.45, 2.75) is 12.8 Å². The number of hydrogen-bond acceptors (Lipinski definition) is 2. The van der Waals surface area contributed by atoms with Crippen LogP contribution in [0.4, 0.5) is 10.1 Å². The zero-order chi connectivity index (χ0) is 12.3. The van der Waals surface area contributed by atoms with Crippen LogP contribution in [0.3, 0.4) is 0 Å². The van der Waals surface area contributed by atoms with Gasteiger partial charge in [-0.05, 0) is 47.4 Å². The lowest BCUT2D eigenvalue weighted by atomic mass is 9.99. The van der Waals surface area contributed by atoms with Crippen LogP contribution >= 0.6 is 15.9 Å². The molecule has 0 radical (unpaired) electrons. The SMILES string of the molecule is O=C(Nc1c(F)cccc1Br)C1CCCNC1. The molecule has 0 bridgehead atoms. The quantitative estimate of drug-likeness (QED) is 0.881. The first kappa shape index (κ1) is 12.5. The molecule has 1 saturated heterocycles. The highest BCUT2D eigenvalue weighted by atomic mass is 79.9. The molecule has 92 valence electrons. The predicted molar refractivity (Wildman–Crippen MR) is 68.3 cm³/mol. The number of carbonyl (C=O) groups excluding carboxylic acids is 1. The highest BCUT2D eigenvalue weighted by Crippen LogP contribution is 2.26. The Hall–Kier alpha value is -0.940. The Bertz CT molecular complexity index is 399. The second kappa shape index (κ2) is 5.60. The van der Waals surface area contributed by atoms with Crippen molar-refractivity contribution in [1.82, 2.24) is 5.32 Å². The molecule has 2 N–H and O–H groups in total. The standard InChI is InChI=1S/C12H14BrFN2O/c13-9-4-1-5-10(14)11(9)16-12(17)8-3-2-6-15-7-8/h1,4-5,8,15H,2-3,6-7H2,(H,16,17). The van der Waals surface area contributed by atoms with Crippen molar-refractivity contribution < 1.29 is 9.18 Å². The largest absolute Gasteiger partial charge is 0.322 e. The molecule has 1 aromatic rings. The zero-order valence-corrected chi connectivity index (χ0v) is 10.9. The minimum Gasteiger partial charge on any atom is -0.322 e. The van der Waals surface area contributed by atoms with E-state index in [4.69, 9.17) is 0 Å².